The van der Waals surface area contributed by atoms with E-state index < -0.39 is 0 Å². The van der Waals surface area contributed by atoms with Gasteiger partial charge in [0.25, 0.3) is 0 Å². The Labute approximate surface area is 173 Å². The Morgan fingerprint density at radius 2 is 1.86 bits per heavy atom. The van der Waals surface area contributed by atoms with Crippen molar-refractivity contribution in [1.82, 2.24) is 4.57 Å². The number of hydrogen-bond donors (Lipinski definition) is 1. The van der Waals surface area contributed by atoms with Crippen LogP contribution in [0.5, 0.6) is 0 Å². The van der Waals surface area contributed by atoms with Crippen molar-refractivity contribution in [2.24, 2.45) is 0 Å². The minimum absolute atomic E-state index is 0.0622. The van der Waals surface area contributed by atoms with Gasteiger partial charge in [-0.1, -0.05) is 42.1 Å². The molecule has 4 nitrogen and oxygen atoms in total. The number of nitrogens with one attached hydrogen (secondary N) is 1. The summed E-state index contributed by atoms with van der Waals surface area (Å²) < 4.78 is 6.80. The lowest BCUT2D eigenvalue weighted by atomic mass is 10.0. The number of Topliss-reactive ketones (excluding diaryl/α,β-unsaturated/α-hetero) is 1. The van der Waals surface area contributed by atoms with Gasteiger partial charge in [-0.05, 0) is 58.1 Å². The molecule has 1 N–H and O–H groups in total. The molecule has 5 heteroatoms. The van der Waals surface area contributed by atoms with E-state index in [2.05, 4.69) is 66.6 Å². The summed E-state index contributed by atoms with van der Waals surface area (Å²) >= 11 is 1.65. The van der Waals surface area contributed by atoms with Crippen LogP contribution in [0.25, 0.3) is 11.1 Å². The van der Waals surface area contributed by atoms with Crippen molar-refractivity contribution in [1.29, 1.82) is 0 Å². The number of anilines is 1. The number of benzene rings is 1. The molecule has 0 unspecified atom stereocenters. The van der Waals surface area contributed by atoms with Crippen molar-refractivity contribution in [2.75, 3.05) is 19.0 Å². The third kappa shape index (κ3) is 5.30. The number of carbonyl (C=O) groups is 1. The first-order valence-electron chi connectivity index (χ1n) is 9.61. The zero-order valence-corrected chi connectivity index (χ0v) is 18.9. The van der Waals surface area contributed by atoms with E-state index in [-0.39, 0.29) is 11.3 Å². The predicted octanol–water partition coefficient (Wildman–Crippen LogP) is 5.91. The number of thioether (sulfide) groups is 1. The summed E-state index contributed by atoms with van der Waals surface area (Å²) in [5.41, 5.74) is 4.49. The van der Waals surface area contributed by atoms with Crippen molar-refractivity contribution in [2.45, 2.75) is 58.7 Å². The molecule has 2 aromatic rings. The Hall–Kier alpha value is -1.98. The number of allylic oxidation sites excluding steroid dienone is 1. The van der Waals surface area contributed by atoms with Gasteiger partial charge < -0.3 is 14.6 Å². The molecule has 0 amide bonds. The third-order valence-electron chi connectivity index (χ3n) is 4.39. The van der Waals surface area contributed by atoms with Crippen LogP contribution in [0.15, 0.2) is 46.3 Å². The Kier molecular flexibility index (Phi) is 7.55. The van der Waals surface area contributed by atoms with E-state index in [1.54, 1.807) is 25.8 Å². The summed E-state index contributed by atoms with van der Waals surface area (Å²) in [6.45, 7) is 13.7. The van der Waals surface area contributed by atoms with Crippen molar-refractivity contribution in [3.8, 4) is 11.1 Å². The van der Waals surface area contributed by atoms with Crippen LogP contribution in [0.3, 0.4) is 0 Å². The Morgan fingerprint density at radius 1 is 1.25 bits per heavy atom. The third-order valence-corrected chi connectivity index (χ3v) is 5.54. The fourth-order valence-corrected chi connectivity index (χ4v) is 4.05. The van der Waals surface area contributed by atoms with Crippen molar-refractivity contribution in [3.63, 3.8) is 0 Å². The van der Waals surface area contributed by atoms with Gasteiger partial charge in [0.1, 0.15) is 5.82 Å². The number of ether oxygens (including phenoxy) is 1. The molecule has 0 radical (unpaired) electrons. The fraction of sp³-hybridized carbons (Fsp3) is 0.435. The molecule has 1 aromatic carbocycles. The fourth-order valence-electron chi connectivity index (χ4n) is 3.00. The molecule has 0 saturated heterocycles. The predicted molar refractivity (Wildman–Crippen MR) is 120 cm³/mol. The maximum atomic E-state index is 11.9. The van der Waals surface area contributed by atoms with Crippen molar-refractivity contribution >= 4 is 23.4 Å². The Morgan fingerprint density at radius 3 is 2.36 bits per heavy atom. The SMILES string of the molecule is CC(=O)C1=CSc2c(C)c(-c3ccccc3)c(NC(C)(C)C)n2C1.CCOC. The molecule has 1 aliphatic rings. The maximum absolute atomic E-state index is 11.9. The normalized spacial score (nSPS) is 13.2. The number of fused-ring (bicyclic) bond motifs is 1. The number of carbonyl (C=O) groups excluding carboxylic acids is 1. The molecular formula is C23H32N2O2S. The van der Waals surface area contributed by atoms with Crippen molar-refractivity contribution < 1.29 is 9.53 Å². The summed E-state index contributed by atoms with van der Waals surface area (Å²) in [7, 11) is 1.68. The zero-order valence-electron chi connectivity index (χ0n) is 18.1. The highest BCUT2D eigenvalue weighted by atomic mass is 32.2. The minimum Gasteiger partial charge on any atom is -0.385 e. The van der Waals surface area contributed by atoms with E-state index in [9.17, 15) is 4.79 Å². The second kappa shape index (κ2) is 9.48. The Bertz CT molecular complexity index is 844. The summed E-state index contributed by atoms with van der Waals surface area (Å²) in [6, 6.07) is 10.5. The average Bonchev–Trinajstić information content (AvgIpc) is 2.92. The van der Waals surface area contributed by atoms with Gasteiger partial charge >= 0.3 is 0 Å². The van der Waals surface area contributed by atoms with E-state index >= 15 is 0 Å². The average molecular weight is 401 g/mol. The summed E-state index contributed by atoms with van der Waals surface area (Å²) in [5.74, 6) is 1.24. The standard InChI is InChI=1S/C20H24N2OS.C3H8O/c1-13-17(15-9-7-6-8-10-15)18(21-20(3,4)5)22-11-16(14(2)23)12-24-19(13)22;1-3-4-2/h6-10,12,21H,11H2,1-5H3;3H2,1-2H3. The smallest absolute Gasteiger partial charge is 0.158 e. The topological polar surface area (TPSA) is 43.3 Å². The number of methoxy groups -OCH3 is 1. The van der Waals surface area contributed by atoms with Crippen LogP contribution < -0.4 is 5.32 Å². The first-order valence-corrected chi connectivity index (χ1v) is 10.5. The molecule has 0 atom stereocenters. The number of rotatable bonds is 4. The summed E-state index contributed by atoms with van der Waals surface area (Å²) in [6.07, 6.45) is 0. The van der Waals surface area contributed by atoms with Crippen LogP contribution >= 0.6 is 11.8 Å². The molecule has 0 bridgehead atoms. The van der Waals surface area contributed by atoms with Gasteiger partial charge in [0.05, 0.1) is 11.6 Å². The lowest BCUT2D eigenvalue weighted by Crippen LogP contribution is -2.28. The molecule has 0 fully saturated rings. The maximum Gasteiger partial charge on any atom is 0.158 e. The zero-order chi connectivity index (χ0) is 20.9. The van der Waals surface area contributed by atoms with Gasteiger partial charge in [0.2, 0.25) is 0 Å². The molecule has 0 saturated carbocycles. The highest BCUT2D eigenvalue weighted by Crippen LogP contribution is 2.44. The van der Waals surface area contributed by atoms with E-state index in [0.717, 1.165) is 18.0 Å². The van der Waals surface area contributed by atoms with Gasteiger partial charge in [-0.25, -0.2) is 0 Å². The lowest BCUT2D eigenvalue weighted by Gasteiger charge is -2.26. The highest BCUT2D eigenvalue weighted by molar-refractivity contribution is 8.02. The molecule has 1 aliphatic heterocycles. The van der Waals surface area contributed by atoms with Gasteiger partial charge in [0.15, 0.2) is 5.78 Å². The van der Waals surface area contributed by atoms with E-state index in [1.807, 2.05) is 18.4 Å². The molecule has 0 aliphatic carbocycles. The number of hydrogen-bond acceptors (Lipinski definition) is 4. The van der Waals surface area contributed by atoms with Crippen LogP contribution in [-0.4, -0.2) is 29.6 Å². The second-order valence-corrected chi connectivity index (χ2v) is 8.73. The molecule has 3 rings (SSSR count). The van der Waals surface area contributed by atoms with Crippen molar-refractivity contribution in [3.05, 3.63) is 46.9 Å². The highest BCUT2D eigenvalue weighted by Gasteiger charge is 2.27. The van der Waals surface area contributed by atoms with Crippen LogP contribution in [0.2, 0.25) is 0 Å². The Balaban J connectivity index is 0.000000640. The van der Waals surface area contributed by atoms with Gasteiger partial charge in [-0.15, -0.1) is 0 Å². The van der Waals surface area contributed by atoms with E-state index in [1.165, 1.54) is 21.7 Å². The molecule has 2 heterocycles. The summed E-state index contributed by atoms with van der Waals surface area (Å²) in [4.78, 5) is 11.9. The van der Waals surface area contributed by atoms with Crippen LogP contribution in [0.1, 0.15) is 40.2 Å². The molecule has 0 spiro atoms. The monoisotopic (exact) mass is 400 g/mol. The van der Waals surface area contributed by atoms with Crippen LogP contribution in [-0.2, 0) is 16.1 Å². The largest absolute Gasteiger partial charge is 0.385 e. The quantitative estimate of drug-likeness (QED) is 0.693. The molecule has 28 heavy (non-hydrogen) atoms. The molecule has 152 valence electrons. The lowest BCUT2D eigenvalue weighted by molar-refractivity contribution is -0.113. The first-order chi connectivity index (χ1) is 13.2. The van der Waals surface area contributed by atoms with Crippen LogP contribution in [0, 0.1) is 6.92 Å². The van der Waals surface area contributed by atoms with E-state index in [4.69, 9.17) is 0 Å². The number of nitrogens with zero attached hydrogens (tertiary/aromatic N) is 1. The first kappa shape index (κ1) is 22.3. The van der Waals surface area contributed by atoms with Crippen LogP contribution in [0.4, 0.5) is 5.82 Å². The molecular weight excluding hydrogens is 368 g/mol. The minimum atomic E-state index is -0.0622. The number of ketones is 1. The molecule has 1 aromatic heterocycles. The van der Waals surface area contributed by atoms with E-state index in [0.29, 0.717) is 6.54 Å². The van der Waals surface area contributed by atoms with Gasteiger partial charge in [-0.2, -0.15) is 0 Å². The second-order valence-electron chi connectivity index (χ2n) is 7.88. The number of aromatic nitrogens is 1. The van der Waals surface area contributed by atoms with Gasteiger partial charge in [0, 0.05) is 30.4 Å². The van der Waals surface area contributed by atoms with Gasteiger partial charge in [-0.3, -0.25) is 4.79 Å². The summed E-state index contributed by atoms with van der Waals surface area (Å²) in [5, 5.41) is 6.88.